The lowest BCUT2D eigenvalue weighted by atomic mass is 10.2. The van der Waals surface area contributed by atoms with Crippen molar-refractivity contribution < 1.29 is 13.8 Å². The van der Waals surface area contributed by atoms with Crippen LogP contribution >= 0.6 is 0 Å². The van der Waals surface area contributed by atoms with Crippen molar-refractivity contribution in [2.24, 2.45) is 0 Å². The zero-order valence-corrected chi connectivity index (χ0v) is 9.43. The van der Waals surface area contributed by atoms with E-state index in [1.165, 1.54) is 0 Å². The Hall–Kier alpha value is -2.20. The fourth-order valence-corrected chi connectivity index (χ4v) is 1.37. The van der Waals surface area contributed by atoms with Gasteiger partial charge in [0.25, 0.3) is 0 Å². The Balaban J connectivity index is 2.17. The molecule has 0 spiro atoms. The standard InChI is InChI=1S/C10H10N4O3/c1-6-7(4-11)8(13-16-6)3-10-12-9(5-15-2)14-17-10/h3,5H2,1-2H3. The quantitative estimate of drug-likeness (QED) is 0.777. The molecular formula is C10H10N4O3. The van der Waals surface area contributed by atoms with Crippen LogP contribution in [0, 0.1) is 18.3 Å². The average molecular weight is 234 g/mol. The van der Waals surface area contributed by atoms with E-state index in [2.05, 4.69) is 15.3 Å². The van der Waals surface area contributed by atoms with Crippen LogP contribution in [0.1, 0.15) is 28.7 Å². The third-order valence-electron chi connectivity index (χ3n) is 2.15. The number of aromatic nitrogens is 3. The number of ether oxygens (including phenoxy) is 1. The zero-order chi connectivity index (χ0) is 12.3. The number of hydrogen-bond acceptors (Lipinski definition) is 7. The molecule has 7 nitrogen and oxygen atoms in total. The van der Waals surface area contributed by atoms with Gasteiger partial charge >= 0.3 is 0 Å². The number of nitriles is 1. The summed E-state index contributed by atoms with van der Waals surface area (Å²) in [4.78, 5) is 4.09. The second-order valence-corrected chi connectivity index (χ2v) is 3.39. The third-order valence-corrected chi connectivity index (χ3v) is 2.15. The van der Waals surface area contributed by atoms with Crippen LogP contribution in [-0.2, 0) is 17.8 Å². The largest absolute Gasteiger partial charge is 0.377 e. The van der Waals surface area contributed by atoms with Gasteiger partial charge in [0.15, 0.2) is 11.6 Å². The molecule has 0 saturated carbocycles. The van der Waals surface area contributed by atoms with E-state index in [4.69, 9.17) is 19.0 Å². The summed E-state index contributed by atoms with van der Waals surface area (Å²) in [5, 5.41) is 16.4. The maximum atomic E-state index is 8.92. The molecule has 2 heterocycles. The van der Waals surface area contributed by atoms with Crippen LogP contribution in [0.3, 0.4) is 0 Å². The molecule has 0 amide bonds. The Morgan fingerprint density at radius 2 is 2.18 bits per heavy atom. The number of methoxy groups -OCH3 is 1. The molecule has 0 bridgehead atoms. The Morgan fingerprint density at radius 1 is 1.35 bits per heavy atom. The topological polar surface area (TPSA) is 98.0 Å². The van der Waals surface area contributed by atoms with Crippen molar-refractivity contribution in [2.75, 3.05) is 7.11 Å². The van der Waals surface area contributed by atoms with E-state index in [1.807, 2.05) is 6.07 Å². The van der Waals surface area contributed by atoms with Crippen molar-refractivity contribution in [3.8, 4) is 6.07 Å². The summed E-state index contributed by atoms with van der Waals surface area (Å²) in [6, 6.07) is 2.03. The molecular weight excluding hydrogens is 224 g/mol. The molecule has 0 unspecified atom stereocenters. The van der Waals surface area contributed by atoms with Gasteiger partial charge in [-0.25, -0.2) is 0 Å². The Kier molecular flexibility index (Phi) is 3.16. The summed E-state index contributed by atoms with van der Waals surface area (Å²) >= 11 is 0. The monoisotopic (exact) mass is 234 g/mol. The fourth-order valence-electron chi connectivity index (χ4n) is 1.37. The molecule has 0 fully saturated rings. The molecule has 17 heavy (non-hydrogen) atoms. The molecule has 0 saturated heterocycles. The van der Waals surface area contributed by atoms with Crippen molar-refractivity contribution in [3.63, 3.8) is 0 Å². The first-order valence-corrected chi connectivity index (χ1v) is 4.90. The third kappa shape index (κ3) is 2.32. The molecule has 0 aromatic carbocycles. The highest BCUT2D eigenvalue weighted by Crippen LogP contribution is 2.15. The smallest absolute Gasteiger partial charge is 0.232 e. The first kappa shape index (κ1) is 11.3. The molecule has 7 heteroatoms. The summed E-state index contributed by atoms with van der Waals surface area (Å²) in [5.74, 6) is 1.32. The maximum absolute atomic E-state index is 8.92. The van der Waals surface area contributed by atoms with Crippen LogP contribution in [0.5, 0.6) is 0 Å². The molecule has 0 aliphatic rings. The molecule has 0 atom stereocenters. The van der Waals surface area contributed by atoms with Gasteiger partial charge in [-0.3, -0.25) is 0 Å². The fraction of sp³-hybridized carbons (Fsp3) is 0.400. The molecule has 0 radical (unpaired) electrons. The van der Waals surface area contributed by atoms with Gasteiger partial charge in [0, 0.05) is 7.11 Å². The van der Waals surface area contributed by atoms with Gasteiger partial charge in [0.1, 0.15) is 23.9 Å². The van der Waals surface area contributed by atoms with E-state index in [-0.39, 0.29) is 13.0 Å². The normalized spacial score (nSPS) is 10.4. The number of rotatable bonds is 4. The van der Waals surface area contributed by atoms with Gasteiger partial charge in [-0.05, 0) is 6.92 Å². The number of aryl methyl sites for hydroxylation is 1. The van der Waals surface area contributed by atoms with E-state index in [0.717, 1.165) is 0 Å². The highest BCUT2D eigenvalue weighted by molar-refractivity contribution is 5.36. The van der Waals surface area contributed by atoms with Crippen molar-refractivity contribution in [3.05, 3.63) is 28.7 Å². The van der Waals surface area contributed by atoms with Crippen LogP contribution in [0.2, 0.25) is 0 Å². The summed E-state index contributed by atoms with van der Waals surface area (Å²) in [7, 11) is 1.55. The minimum atomic E-state index is 0.275. The van der Waals surface area contributed by atoms with Crippen LogP contribution in [0.25, 0.3) is 0 Å². The predicted octanol–water partition coefficient (Wildman–Crippen LogP) is 0.975. The van der Waals surface area contributed by atoms with Gasteiger partial charge < -0.3 is 13.8 Å². The lowest BCUT2D eigenvalue weighted by Gasteiger charge is -1.89. The van der Waals surface area contributed by atoms with Crippen LogP contribution in [0.4, 0.5) is 0 Å². The minimum absolute atomic E-state index is 0.275. The van der Waals surface area contributed by atoms with Crippen molar-refractivity contribution >= 4 is 0 Å². The zero-order valence-electron chi connectivity index (χ0n) is 9.43. The molecule has 0 N–H and O–H groups in total. The van der Waals surface area contributed by atoms with E-state index in [1.54, 1.807) is 14.0 Å². The van der Waals surface area contributed by atoms with Crippen molar-refractivity contribution in [2.45, 2.75) is 20.0 Å². The van der Waals surface area contributed by atoms with Gasteiger partial charge in [0.2, 0.25) is 5.89 Å². The molecule has 88 valence electrons. The molecule has 0 aliphatic heterocycles. The van der Waals surface area contributed by atoms with Crippen LogP contribution < -0.4 is 0 Å². The molecule has 2 rings (SSSR count). The average Bonchev–Trinajstić information content (AvgIpc) is 2.88. The first-order valence-electron chi connectivity index (χ1n) is 4.90. The predicted molar refractivity (Wildman–Crippen MR) is 53.8 cm³/mol. The SMILES string of the molecule is COCc1noc(Cc2noc(C)c2C#N)n1. The first-order chi connectivity index (χ1) is 8.24. The summed E-state index contributed by atoms with van der Waals surface area (Å²) in [6.07, 6.45) is 0.275. The lowest BCUT2D eigenvalue weighted by molar-refractivity contribution is 0.174. The summed E-state index contributed by atoms with van der Waals surface area (Å²) < 4.78 is 14.8. The van der Waals surface area contributed by atoms with E-state index in [0.29, 0.717) is 28.7 Å². The number of hydrogen-bond donors (Lipinski definition) is 0. The molecule has 2 aromatic rings. The second-order valence-electron chi connectivity index (χ2n) is 3.39. The molecule has 0 aliphatic carbocycles. The van der Waals surface area contributed by atoms with Gasteiger partial charge in [0.05, 0.1) is 6.42 Å². The summed E-state index contributed by atoms with van der Waals surface area (Å²) in [5.41, 5.74) is 0.911. The molecule has 2 aromatic heterocycles. The minimum Gasteiger partial charge on any atom is -0.377 e. The highest BCUT2D eigenvalue weighted by atomic mass is 16.5. The lowest BCUT2D eigenvalue weighted by Crippen LogP contribution is -1.94. The van der Waals surface area contributed by atoms with E-state index < -0.39 is 0 Å². The highest BCUT2D eigenvalue weighted by Gasteiger charge is 2.16. The Labute approximate surface area is 97.0 Å². The van der Waals surface area contributed by atoms with E-state index in [9.17, 15) is 0 Å². The van der Waals surface area contributed by atoms with Crippen LogP contribution in [0.15, 0.2) is 9.05 Å². The van der Waals surface area contributed by atoms with Gasteiger partial charge in [-0.15, -0.1) is 0 Å². The van der Waals surface area contributed by atoms with Crippen molar-refractivity contribution in [1.29, 1.82) is 5.26 Å². The Morgan fingerprint density at radius 3 is 2.88 bits per heavy atom. The number of nitrogens with zero attached hydrogens (tertiary/aromatic N) is 4. The maximum Gasteiger partial charge on any atom is 0.232 e. The Bertz CT molecular complexity index is 552. The van der Waals surface area contributed by atoms with Gasteiger partial charge in [-0.1, -0.05) is 10.3 Å². The van der Waals surface area contributed by atoms with Gasteiger partial charge in [-0.2, -0.15) is 10.2 Å². The van der Waals surface area contributed by atoms with Crippen LogP contribution in [-0.4, -0.2) is 22.4 Å². The second kappa shape index (κ2) is 4.76. The summed E-state index contributed by atoms with van der Waals surface area (Å²) in [6.45, 7) is 1.96. The van der Waals surface area contributed by atoms with E-state index >= 15 is 0 Å². The van der Waals surface area contributed by atoms with Crippen molar-refractivity contribution in [1.82, 2.24) is 15.3 Å².